The molecule has 1 aliphatic rings. The largest absolute Gasteiger partial charge is 0.369 e. The average molecular weight is 383 g/mol. The van der Waals surface area contributed by atoms with Crippen molar-refractivity contribution in [3.8, 4) is 0 Å². The van der Waals surface area contributed by atoms with Crippen LogP contribution in [0, 0.1) is 10.1 Å². The van der Waals surface area contributed by atoms with Crippen LogP contribution in [-0.2, 0) is 10.0 Å². The molecule has 8 nitrogen and oxygen atoms in total. The highest BCUT2D eigenvalue weighted by Gasteiger charge is 2.35. The SMILES string of the molecule is O=[N+]([O-])c1cccc(Cl)c1S(=O)(=O)N1CCN(c2ccncc2)CC1. The first-order chi connectivity index (χ1) is 11.9. The van der Waals surface area contributed by atoms with Crippen LogP contribution in [0.5, 0.6) is 0 Å². The Balaban J connectivity index is 1.85. The van der Waals surface area contributed by atoms with Crippen molar-refractivity contribution in [2.75, 3.05) is 31.1 Å². The molecule has 0 spiro atoms. The van der Waals surface area contributed by atoms with Crippen molar-refractivity contribution < 1.29 is 13.3 Å². The molecule has 10 heteroatoms. The molecule has 0 bridgehead atoms. The fourth-order valence-electron chi connectivity index (χ4n) is 2.77. The molecule has 2 aromatic rings. The van der Waals surface area contributed by atoms with Gasteiger partial charge in [-0.15, -0.1) is 0 Å². The van der Waals surface area contributed by atoms with Crippen LogP contribution in [0.15, 0.2) is 47.6 Å². The number of hydrogen-bond donors (Lipinski definition) is 0. The van der Waals surface area contributed by atoms with E-state index < -0.39 is 25.5 Å². The lowest BCUT2D eigenvalue weighted by Crippen LogP contribution is -2.48. The van der Waals surface area contributed by atoms with Gasteiger partial charge in [0, 0.05) is 50.3 Å². The van der Waals surface area contributed by atoms with Gasteiger partial charge in [-0.05, 0) is 18.2 Å². The van der Waals surface area contributed by atoms with Crippen LogP contribution >= 0.6 is 11.6 Å². The second-order valence-electron chi connectivity index (χ2n) is 5.44. The van der Waals surface area contributed by atoms with Crippen molar-refractivity contribution in [2.45, 2.75) is 4.90 Å². The summed E-state index contributed by atoms with van der Waals surface area (Å²) in [6.07, 6.45) is 3.34. The molecule has 1 aromatic carbocycles. The van der Waals surface area contributed by atoms with Crippen LogP contribution in [0.1, 0.15) is 0 Å². The Bertz CT molecular complexity index is 884. The molecule has 1 fully saturated rings. The van der Waals surface area contributed by atoms with Gasteiger partial charge in [0.25, 0.3) is 15.7 Å². The Kier molecular flexibility index (Phi) is 4.89. The van der Waals surface area contributed by atoms with E-state index in [1.165, 1.54) is 16.4 Å². The topological polar surface area (TPSA) is 96.6 Å². The van der Waals surface area contributed by atoms with Crippen molar-refractivity contribution in [1.82, 2.24) is 9.29 Å². The van der Waals surface area contributed by atoms with E-state index in [2.05, 4.69) is 4.98 Å². The number of piperazine rings is 1. The predicted octanol–water partition coefficient (Wildman–Crippen LogP) is 2.15. The van der Waals surface area contributed by atoms with Crippen LogP contribution in [0.3, 0.4) is 0 Å². The van der Waals surface area contributed by atoms with Gasteiger partial charge in [0.15, 0.2) is 4.90 Å². The molecule has 0 saturated carbocycles. The second-order valence-corrected chi connectivity index (χ2v) is 7.72. The Hall–Kier alpha value is -2.23. The summed E-state index contributed by atoms with van der Waals surface area (Å²) in [5, 5.41) is 11.0. The fourth-order valence-corrected chi connectivity index (χ4v) is 4.85. The van der Waals surface area contributed by atoms with Gasteiger partial charge in [0.05, 0.1) is 9.95 Å². The average Bonchev–Trinajstić information content (AvgIpc) is 2.62. The molecule has 0 amide bonds. The smallest absolute Gasteiger partial charge is 0.290 e. The number of nitrogens with zero attached hydrogens (tertiary/aromatic N) is 4. The molecule has 0 radical (unpaired) electrons. The number of sulfonamides is 1. The van der Waals surface area contributed by atoms with Gasteiger partial charge in [-0.3, -0.25) is 15.1 Å². The van der Waals surface area contributed by atoms with Crippen molar-refractivity contribution in [3.05, 3.63) is 57.9 Å². The van der Waals surface area contributed by atoms with Gasteiger partial charge in [-0.1, -0.05) is 17.7 Å². The number of aromatic nitrogens is 1. The van der Waals surface area contributed by atoms with E-state index in [0.717, 1.165) is 11.8 Å². The number of hydrogen-bond acceptors (Lipinski definition) is 6. The van der Waals surface area contributed by atoms with Gasteiger partial charge < -0.3 is 4.90 Å². The number of nitro benzene ring substituents is 1. The summed E-state index contributed by atoms with van der Waals surface area (Å²) in [5.41, 5.74) is 0.444. The lowest BCUT2D eigenvalue weighted by molar-refractivity contribution is -0.387. The first-order valence-corrected chi connectivity index (χ1v) is 9.31. The summed E-state index contributed by atoms with van der Waals surface area (Å²) in [7, 11) is -4.05. The van der Waals surface area contributed by atoms with E-state index in [0.29, 0.717) is 13.1 Å². The highest BCUT2D eigenvalue weighted by Crippen LogP contribution is 2.33. The molecule has 2 heterocycles. The zero-order valence-electron chi connectivity index (χ0n) is 13.1. The van der Waals surface area contributed by atoms with Gasteiger partial charge in [0.2, 0.25) is 0 Å². The summed E-state index contributed by atoms with van der Waals surface area (Å²) in [6.45, 7) is 1.38. The summed E-state index contributed by atoms with van der Waals surface area (Å²) >= 11 is 5.97. The van der Waals surface area contributed by atoms with Crippen molar-refractivity contribution in [3.63, 3.8) is 0 Å². The Labute approximate surface area is 149 Å². The van der Waals surface area contributed by atoms with Crippen LogP contribution in [0.25, 0.3) is 0 Å². The van der Waals surface area contributed by atoms with Gasteiger partial charge >= 0.3 is 0 Å². The minimum atomic E-state index is -4.05. The minimum Gasteiger partial charge on any atom is -0.369 e. The number of halogens is 1. The van der Waals surface area contributed by atoms with Crippen LogP contribution < -0.4 is 4.90 Å². The van der Waals surface area contributed by atoms with Gasteiger partial charge in [-0.2, -0.15) is 4.31 Å². The summed E-state index contributed by atoms with van der Waals surface area (Å²) < 4.78 is 27.0. The van der Waals surface area contributed by atoms with E-state index >= 15 is 0 Å². The third-order valence-electron chi connectivity index (χ3n) is 4.01. The quantitative estimate of drug-likeness (QED) is 0.593. The third-order valence-corrected chi connectivity index (χ3v) is 6.42. The zero-order chi connectivity index (χ0) is 18.0. The highest BCUT2D eigenvalue weighted by molar-refractivity contribution is 7.89. The Morgan fingerprint density at radius 3 is 2.32 bits per heavy atom. The van der Waals surface area contributed by atoms with Gasteiger partial charge in [-0.25, -0.2) is 8.42 Å². The Morgan fingerprint density at radius 2 is 1.72 bits per heavy atom. The van der Waals surface area contributed by atoms with E-state index in [-0.39, 0.29) is 18.1 Å². The van der Waals surface area contributed by atoms with Crippen molar-refractivity contribution >= 4 is 33.0 Å². The maximum Gasteiger partial charge on any atom is 0.290 e. The molecular formula is C15H15ClN4O4S. The third kappa shape index (κ3) is 3.44. The first kappa shape index (κ1) is 17.6. The van der Waals surface area contributed by atoms with Crippen molar-refractivity contribution in [1.29, 1.82) is 0 Å². The van der Waals surface area contributed by atoms with E-state index in [4.69, 9.17) is 11.6 Å². The minimum absolute atomic E-state index is 0.147. The monoisotopic (exact) mass is 382 g/mol. The van der Waals surface area contributed by atoms with E-state index in [1.807, 2.05) is 17.0 Å². The lowest BCUT2D eigenvalue weighted by atomic mass is 10.3. The molecule has 1 aliphatic heterocycles. The number of pyridine rings is 1. The Morgan fingerprint density at radius 1 is 1.08 bits per heavy atom. The van der Waals surface area contributed by atoms with E-state index in [9.17, 15) is 18.5 Å². The molecule has 25 heavy (non-hydrogen) atoms. The van der Waals surface area contributed by atoms with Crippen molar-refractivity contribution in [2.24, 2.45) is 0 Å². The maximum absolute atomic E-state index is 12.9. The fraction of sp³-hybridized carbons (Fsp3) is 0.267. The number of rotatable bonds is 4. The summed E-state index contributed by atoms with van der Waals surface area (Å²) in [4.78, 5) is 16.0. The molecule has 1 saturated heterocycles. The summed E-state index contributed by atoms with van der Waals surface area (Å²) in [5.74, 6) is 0. The van der Waals surface area contributed by atoms with Crippen LogP contribution in [-0.4, -0.2) is 48.8 Å². The molecule has 3 rings (SSSR count). The molecule has 0 N–H and O–H groups in total. The maximum atomic E-state index is 12.9. The number of nitro groups is 1. The predicted molar refractivity (Wildman–Crippen MR) is 93.3 cm³/mol. The standard InChI is InChI=1S/C15H15ClN4O4S/c16-13-2-1-3-14(20(21)22)15(13)25(23,24)19-10-8-18(9-11-19)12-4-6-17-7-5-12/h1-7H,8-11H2. The molecular weight excluding hydrogens is 368 g/mol. The lowest BCUT2D eigenvalue weighted by Gasteiger charge is -2.35. The zero-order valence-corrected chi connectivity index (χ0v) is 14.7. The van der Waals surface area contributed by atoms with Crippen LogP contribution in [0.2, 0.25) is 5.02 Å². The molecule has 0 aliphatic carbocycles. The van der Waals surface area contributed by atoms with Crippen LogP contribution in [0.4, 0.5) is 11.4 Å². The molecule has 132 valence electrons. The normalized spacial score (nSPS) is 16.0. The first-order valence-electron chi connectivity index (χ1n) is 7.49. The summed E-state index contributed by atoms with van der Waals surface area (Å²) in [6, 6.07) is 7.55. The molecule has 0 unspecified atom stereocenters. The van der Waals surface area contributed by atoms with E-state index in [1.54, 1.807) is 12.4 Å². The highest BCUT2D eigenvalue weighted by atomic mass is 35.5. The second kappa shape index (κ2) is 6.95. The van der Waals surface area contributed by atoms with Gasteiger partial charge in [0.1, 0.15) is 0 Å². The number of benzene rings is 1. The number of anilines is 1. The molecule has 1 aromatic heterocycles. The molecule has 0 atom stereocenters.